The zero-order valence-corrected chi connectivity index (χ0v) is 27.6. The third kappa shape index (κ3) is 6.68. The number of nitrogen functional groups attached to an aromatic ring is 1. The maximum absolute atomic E-state index is 13.7. The normalized spacial score (nSPS) is 19.4. The molecular weight excluding hydrogens is 620 g/mol. The number of benzene rings is 2. The lowest BCUT2D eigenvalue weighted by atomic mass is 9.96. The third-order valence-corrected chi connectivity index (χ3v) is 9.97. The van der Waals surface area contributed by atoms with Crippen molar-refractivity contribution in [2.24, 2.45) is 5.92 Å². The first-order valence-corrected chi connectivity index (χ1v) is 17.3. The van der Waals surface area contributed by atoms with Crippen molar-refractivity contribution in [2.45, 2.75) is 31.7 Å². The Bertz CT molecular complexity index is 1880. The predicted molar refractivity (Wildman–Crippen MR) is 187 cm³/mol. The summed E-state index contributed by atoms with van der Waals surface area (Å²) in [5, 5.41) is 9.16. The predicted octanol–water partition coefficient (Wildman–Crippen LogP) is 4.45. The highest BCUT2D eigenvalue weighted by molar-refractivity contribution is 5.98. The monoisotopic (exact) mass is 662 g/mol. The number of oxazole rings is 1. The van der Waals surface area contributed by atoms with Crippen molar-refractivity contribution in [1.29, 1.82) is 0 Å². The lowest BCUT2D eigenvalue weighted by Crippen LogP contribution is -2.47. The highest BCUT2D eigenvalue weighted by atomic mass is 16.5. The molecule has 3 aliphatic rings. The first-order valence-electron chi connectivity index (χ1n) is 17.3. The summed E-state index contributed by atoms with van der Waals surface area (Å²) in [7, 11) is 0. The molecule has 3 aliphatic heterocycles. The maximum atomic E-state index is 13.7. The van der Waals surface area contributed by atoms with E-state index in [1.807, 2.05) is 64.2 Å². The van der Waals surface area contributed by atoms with Crippen LogP contribution in [0.1, 0.15) is 42.3 Å². The van der Waals surface area contributed by atoms with Gasteiger partial charge in [0.05, 0.1) is 17.6 Å². The number of carbonyl (C=O) groups excluding carboxylic acids is 1. The fourth-order valence-electron chi connectivity index (χ4n) is 7.33. The molecule has 13 heteroatoms. The van der Waals surface area contributed by atoms with E-state index >= 15 is 0 Å². The average Bonchev–Trinajstić information content (AvgIpc) is 3.80. The molecule has 3 aromatic heterocycles. The lowest BCUT2D eigenvalue weighted by Gasteiger charge is -2.35. The van der Waals surface area contributed by atoms with Gasteiger partial charge in [0.25, 0.3) is 11.9 Å². The molecule has 8 rings (SSSR count). The van der Waals surface area contributed by atoms with Crippen LogP contribution in [0.4, 0.5) is 11.8 Å². The van der Waals surface area contributed by atoms with E-state index in [0.717, 1.165) is 88.6 Å². The standard InChI is InChI=1S/C36H42N10O3/c37-33-31-32(26-8-10-29(11-9-26)48-28-6-2-1-3-7-28)42-46(34(31)41-24-40-33)27-5-4-16-45(23-27)35(47)30-21-39-36(49-30)44-17-12-25(13-18-44)22-43-19-14-38-15-20-43/h1-3,6-11,21,24-25,27,38H,4-5,12-20,22-23H2,(H2,37,40,41)/t27-/m0/s1. The second-order valence-corrected chi connectivity index (χ2v) is 13.2. The number of likely N-dealkylation sites (tertiary alicyclic amines) is 1. The Morgan fingerprint density at radius 2 is 1.69 bits per heavy atom. The molecule has 2 aromatic carbocycles. The average molecular weight is 663 g/mol. The van der Waals surface area contributed by atoms with Crippen LogP contribution >= 0.6 is 0 Å². The molecule has 3 N–H and O–H groups in total. The van der Waals surface area contributed by atoms with E-state index in [4.69, 9.17) is 20.0 Å². The number of nitrogens with zero attached hydrogens (tertiary/aromatic N) is 8. The van der Waals surface area contributed by atoms with Crippen LogP contribution in [0.3, 0.4) is 0 Å². The Labute approximate surface area is 285 Å². The molecule has 0 saturated carbocycles. The van der Waals surface area contributed by atoms with Gasteiger partial charge in [-0.15, -0.1) is 0 Å². The molecule has 6 heterocycles. The van der Waals surface area contributed by atoms with Crippen molar-refractivity contribution in [3.8, 4) is 22.8 Å². The summed E-state index contributed by atoms with van der Waals surface area (Å²) in [5.74, 6) is 2.65. The fourth-order valence-corrected chi connectivity index (χ4v) is 7.33. The van der Waals surface area contributed by atoms with Crippen molar-refractivity contribution in [1.82, 2.24) is 39.8 Å². The minimum absolute atomic E-state index is 0.0963. The Kier molecular flexibility index (Phi) is 8.84. The molecule has 5 aromatic rings. The van der Waals surface area contributed by atoms with E-state index in [0.29, 0.717) is 47.6 Å². The largest absolute Gasteiger partial charge is 0.457 e. The summed E-state index contributed by atoms with van der Waals surface area (Å²) in [4.78, 5) is 33.7. The van der Waals surface area contributed by atoms with E-state index in [9.17, 15) is 4.79 Å². The fraction of sp³-hybridized carbons (Fsp3) is 0.417. The number of piperidine rings is 2. The van der Waals surface area contributed by atoms with Gasteiger partial charge in [0.15, 0.2) is 5.65 Å². The molecule has 1 amide bonds. The number of para-hydroxylation sites is 1. The number of anilines is 2. The van der Waals surface area contributed by atoms with Crippen molar-refractivity contribution in [3.63, 3.8) is 0 Å². The SMILES string of the molecule is Nc1ncnc2c1c(-c1ccc(Oc3ccccc3)cc1)nn2[C@H]1CCCN(C(=O)c2cnc(N3CCC(CN4CCNCC4)CC3)o2)C1. The number of carbonyl (C=O) groups is 1. The Morgan fingerprint density at radius 1 is 0.918 bits per heavy atom. The van der Waals surface area contributed by atoms with Crippen LogP contribution in [0.5, 0.6) is 11.5 Å². The Morgan fingerprint density at radius 3 is 2.49 bits per heavy atom. The smallest absolute Gasteiger partial charge is 0.297 e. The Balaban J connectivity index is 0.951. The van der Waals surface area contributed by atoms with Crippen molar-refractivity contribution in [3.05, 3.63) is 72.9 Å². The van der Waals surface area contributed by atoms with Gasteiger partial charge < -0.3 is 34.9 Å². The summed E-state index contributed by atoms with van der Waals surface area (Å²) in [6, 6.07) is 17.8. The topological polar surface area (TPSA) is 144 Å². The molecule has 1 atom stereocenters. The number of hydrogen-bond donors (Lipinski definition) is 2. The highest BCUT2D eigenvalue weighted by Crippen LogP contribution is 2.35. The molecule has 0 unspecified atom stereocenters. The van der Waals surface area contributed by atoms with Gasteiger partial charge in [-0.05, 0) is 68.0 Å². The number of nitrogens with one attached hydrogen (secondary N) is 1. The first kappa shape index (κ1) is 31.3. The third-order valence-electron chi connectivity index (χ3n) is 9.97. The second-order valence-electron chi connectivity index (χ2n) is 13.2. The van der Waals surface area contributed by atoms with Gasteiger partial charge in [-0.3, -0.25) is 4.79 Å². The molecular formula is C36H42N10O3. The molecule has 3 fully saturated rings. The van der Waals surface area contributed by atoms with Gasteiger partial charge in [0.1, 0.15) is 29.3 Å². The van der Waals surface area contributed by atoms with Crippen LogP contribution in [-0.4, -0.2) is 99.3 Å². The van der Waals surface area contributed by atoms with E-state index in [-0.39, 0.29) is 17.7 Å². The van der Waals surface area contributed by atoms with E-state index < -0.39 is 0 Å². The number of piperazine rings is 1. The Hall–Kier alpha value is -5.01. The summed E-state index contributed by atoms with van der Waals surface area (Å²) >= 11 is 0. The molecule has 0 aliphatic carbocycles. The number of aromatic nitrogens is 5. The second kappa shape index (κ2) is 13.8. The van der Waals surface area contributed by atoms with Crippen LogP contribution < -0.4 is 20.7 Å². The molecule has 0 spiro atoms. The molecule has 3 saturated heterocycles. The van der Waals surface area contributed by atoms with E-state index in [1.54, 1.807) is 6.20 Å². The van der Waals surface area contributed by atoms with Gasteiger partial charge in [0.2, 0.25) is 5.76 Å². The van der Waals surface area contributed by atoms with Gasteiger partial charge in [-0.2, -0.15) is 5.10 Å². The quantitative estimate of drug-likeness (QED) is 0.243. The molecule has 13 nitrogen and oxygen atoms in total. The number of nitrogens with two attached hydrogens (primary N) is 1. The van der Waals surface area contributed by atoms with Crippen LogP contribution in [0, 0.1) is 5.92 Å². The van der Waals surface area contributed by atoms with Gasteiger partial charge in [-0.1, -0.05) is 18.2 Å². The van der Waals surface area contributed by atoms with Gasteiger partial charge >= 0.3 is 0 Å². The number of hydrogen-bond acceptors (Lipinski definition) is 11. The zero-order chi connectivity index (χ0) is 33.2. The summed E-state index contributed by atoms with van der Waals surface area (Å²) in [6.45, 7) is 8.44. The van der Waals surface area contributed by atoms with Crippen LogP contribution in [0.25, 0.3) is 22.3 Å². The minimum Gasteiger partial charge on any atom is -0.457 e. The summed E-state index contributed by atoms with van der Waals surface area (Å²) in [6.07, 6.45) is 6.91. The minimum atomic E-state index is -0.156. The van der Waals surface area contributed by atoms with Gasteiger partial charge in [0, 0.05) is 64.5 Å². The summed E-state index contributed by atoms with van der Waals surface area (Å²) < 4.78 is 14.0. The number of fused-ring (bicyclic) bond motifs is 1. The first-order chi connectivity index (χ1) is 24.1. The maximum Gasteiger partial charge on any atom is 0.297 e. The number of ether oxygens (including phenoxy) is 1. The number of amides is 1. The molecule has 0 bridgehead atoms. The van der Waals surface area contributed by atoms with Crippen LogP contribution in [0.2, 0.25) is 0 Å². The molecule has 254 valence electrons. The van der Waals surface area contributed by atoms with Crippen molar-refractivity contribution < 1.29 is 13.9 Å². The van der Waals surface area contributed by atoms with E-state index in [2.05, 4.69) is 30.1 Å². The highest BCUT2D eigenvalue weighted by Gasteiger charge is 2.32. The van der Waals surface area contributed by atoms with Crippen LogP contribution in [-0.2, 0) is 0 Å². The van der Waals surface area contributed by atoms with Crippen molar-refractivity contribution >= 4 is 28.8 Å². The van der Waals surface area contributed by atoms with Gasteiger partial charge in [-0.25, -0.2) is 19.6 Å². The number of rotatable bonds is 8. The molecule has 0 radical (unpaired) electrons. The van der Waals surface area contributed by atoms with Crippen molar-refractivity contribution in [2.75, 3.05) is 69.5 Å². The zero-order valence-electron chi connectivity index (χ0n) is 27.6. The summed E-state index contributed by atoms with van der Waals surface area (Å²) in [5.41, 5.74) is 8.63. The molecule has 49 heavy (non-hydrogen) atoms. The van der Waals surface area contributed by atoms with E-state index in [1.165, 1.54) is 6.33 Å². The lowest BCUT2D eigenvalue weighted by molar-refractivity contribution is 0.0643. The van der Waals surface area contributed by atoms with Crippen LogP contribution in [0.15, 0.2) is 71.5 Å².